The van der Waals surface area contributed by atoms with Gasteiger partial charge in [0.15, 0.2) is 0 Å². The zero-order chi connectivity index (χ0) is 19.0. The lowest BCUT2D eigenvalue weighted by molar-refractivity contribution is 0.0659. The van der Waals surface area contributed by atoms with Gasteiger partial charge in [-0.3, -0.25) is 4.79 Å². The van der Waals surface area contributed by atoms with Crippen LogP contribution in [0.4, 0.5) is 0 Å². The quantitative estimate of drug-likeness (QED) is 0.647. The Morgan fingerprint density at radius 2 is 1.70 bits per heavy atom. The van der Waals surface area contributed by atoms with E-state index in [1.54, 1.807) is 11.8 Å². The maximum absolute atomic E-state index is 12.9. The van der Waals surface area contributed by atoms with Crippen molar-refractivity contribution in [2.45, 2.75) is 9.79 Å². The third-order valence-corrected chi connectivity index (χ3v) is 6.26. The van der Waals surface area contributed by atoms with Gasteiger partial charge in [-0.25, -0.2) is 0 Å². The molecule has 0 unspecified atom stereocenters. The SMILES string of the molecule is CN1CCN(C(=O)c2cc3c(Sc4ccc(Cl)cc4)cc(Cl)cc3[nH]2)CC1. The average molecular weight is 420 g/mol. The van der Waals surface area contributed by atoms with E-state index in [2.05, 4.69) is 16.9 Å². The van der Waals surface area contributed by atoms with Crippen LogP contribution < -0.4 is 0 Å². The van der Waals surface area contributed by atoms with Gasteiger partial charge in [-0.05, 0) is 49.5 Å². The van der Waals surface area contributed by atoms with Crippen LogP contribution in [0.1, 0.15) is 10.5 Å². The molecule has 2 aromatic carbocycles. The first-order valence-corrected chi connectivity index (χ1v) is 10.3. The molecule has 0 bridgehead atoms. The molecule has 1 aliphatic heterocycles. The van der Waals surface area contributed by atoms with Gasteiger partial charge in [0.2, 0.25) is 0 Å². The van der Waals surface area contributed by atoms with Gasteiger partial charge < -0.3 is 14.8 Å². The van der Waals surface area contributed by atoms with E-state index in [1.165, 1.54) is 0 Å². The fraction of sp³-hybridized carbons (Fsp3) is 0.250. The van der Waals surface area contributed by atoms with Crippen molar-refractivity contribution in [1.82, 2.24) is 14.8 Å². The summed E-state index contributed by atoms with van der Waals surface area (Å²) in [6.07, 6.45) is 0. The number of nitrogens with one attached hydrogen (secondary N) is 1. The maximum atomic E-state index is 12.9. The number of hydrogen-bond acceptors (Lipinski definition) is 3. The van der Waals surface area contributed by atoms with Crippen molar-refractivity contribution in [3.63, 3.8) is 0 Å². The van der Waals surface area contributed by atoms with E-state index >= 15 is 0 Å². The number of hydrogen-bond donors (Lipinski definition) is 1. The largest absolute Gasteiger partial charge is 0.350 e. The Labute approximate surface area is 172 Å². The van der Waals surface area contributed by atoms with Gasteiger partial charge in [-0.15, -0.1) is 0 Å². The molecule has 0 aliphatic carbocycles. The van der Waals surface area contributed by atoms with Crippen molar-refractivity contribution >= 4 is 51.8 Å². The lowest BCUT2D eigenvalue weighted by Crippen LogP contribution is -2.47. The number of aromatic amines is 1. The molecule has 0 atom stereocenters. The van der Waals surface area contributed by atoms with Gasteiger partial charge in [-0.1, -0.05) is 35.0 Å². The topological polar surface area (TPSA) is 39.3 Å². The number of H-pyrrole nitrogens is 1. The maximum Gasteiger partial charge on any atom is 0.270 e. The summed E-state index contributed by atoms with van der Waals surface area (Å²) in [5, 5.41) is 2.34. The number of carbonyl (C=O) groups excluding carboxylic acids is 1. The number of halogens is 2. The van der Waals surface area contributed by atoms with Gasteiger partial charge in [0.1, 0.15) is 5.69 Å². The van der Waals surface area contributed by atoms with Gasteiger partial charge in [-0.2, -0.15) is 0 Å². The fourth-order valence-corrected chi connectivity index (χ4v) is 4.58. The first-order chi connectivity index (χ1) is 13.0. The van der Waals surface area contributed by atoms with Crippen LogP contribution in [0.2, 0.25) is 10.0 Å². The molecule has 1 fully saturated rings. The minimum absolute atomic E-state index is 0.0397. The predicted molar refractivity (Wildman–Crippen MR) is 112 cm³/mol. The molecule has 140 valence electrons. The van der Waals surface area contributed by atoms with E-state index in [0.717, 1.165) is 46.9 Å². The monoisotopic (exact) mass is 419 g/mol. The highest BCUT2D eigenvalue weighted by atomic mass is 35.5. The second-order valence-corrected chi connectivity index (χ2v) is 8.69. The van der Waals surface area contributed by atoms with Crippen LogP contribution >= 0.6 is 35.0 Å². The lowest BCUT2D eigenvalue weighted by atomic mass is 10.2. The van der Waals surface area contributed by atoms with Crippen LogP contribution in [-0.4, -0.2) is 53.9 Å². The molecular formula is C20H19Cl2N3OS. The zero-order valence-corrected chi connectivity index (χ0v) is 17.2. The third-order valence-electron chi connectivity index (χ3n) is 4.73. The number of aromatic nitrogens is 1. The zero-order valence-electron chi connectivity index (χ0n) is 14.8. The molecule has 1 saturated heterocycles. The number of nitrogens with zero attached hydrogens (tertiary/aromatic N) is 2. The minimum Gasteiger partial charge on any atom is -0.350 e. The Balaban J connectivity index is 1.65. The summed E-state index contributed by atoms with van der Waals surface area (Å²) in [7, 11) is 2.08. The normalized spacial score (nSPS) is 15.4. The predicted octanol–water partition coefficient (Wildman–Crippen LogP) is 5.01. The molecule has 1 aliphatic rings. The number of carbonyl (C=O) groups is 1. The van der Waals surface area contributed by atoms with E-state index in [-0.39, 0.29) is 5.91 Å². The summed E-state index contributed by atoms with van der Waals surface area (Å²) in [6.45, 7) is 3.29. The van der Waals surface area contributed by atoms with Crippen LogP contribution in [-0.2, 0) is 0 Å². The van der Waals surface area contributed by atoms with Crippen molar-refractivity contribution in [3.8, 4) is 0 Å². The molecule has 0 radical (unpaired) electrons. The number of fused-ring (bicyclic) bond motifs is 1. The van der Waals surface area contributed by atoms with Crippen LogP contribution in [0.3, 0.4) is 0 Å². The third kappa shape index (κ3) is 4.11. The molecular weight excluding hydrogens is 401 g/mol. The molecule has 7 heteroatoms. The highest BCUT2D eigenvalue weighted by molar-refractivity contribution is 7.99. The molecule has 1 amide bonds. The Morgan fingerprint density at radius 1 is 1.00 bits per heavy atom. The van der Waals surface area contributed by atoms with Crippen LogP contribution in [0.5, 0.6) is 0 Å². The van der Waals surface area contributed by atoms with Gasteiger partial charge in [0, 0.05) is 56.9 Å². The van der Waals surface area contributed by atoms with Crippen LogP contribution in [0.15, 0.2) is 52.3 Å². The van der Waals surface area contributed by atoms with E-state index in [0.29, 0.717) is 15.7 Å². The first-order valence-electron chi connectivity index (χ1n) is 8.73. The second-order valence-electron chi connectivity index (χ2n) is 6.70. The molecule has 3 aromatic rings. The van der Waals surface area contributed by atoms with Gasteiger partial charge in [0.25, 0.3) is 5.91 Å². The highest BCUT2D eigenvalue weighted by Crippen LogP contribution is 2.36. The first kappa shape index (κ1) is 18.7. The van der Waals surface area contributed by atoms with Gasteiger partial charge in [0.05, 0.1) is 0 Å². The number of amides is 1. The van der Waals surface area contributed by atoms with Gasteiger partial charge >= 0.3 is 0 Å². The van der Waals surface area contributed by atoms with Crippen molar-refractivity contribution in [2.75, 3.05) is 33.2 Å². The number of piperazine rings is 1. The summed E-state index contributed by atoms with van der Waals surface area (Å²) in [5.74, 6) is 0.0397. The Morgan fingerprint density at radius 3 is 2.41 bits per heavy atom. The number of likely N-dealkylation sites (N-methyl/N-ethyl adjacent to an activating group) is 1. The van der Waals surface area contributed by atoms with Crippen molar-refractivity contribution in [3.05, 3.63) is 58.2 Å². The van der Waals surface area contributed by atoms with E-state index in [1.807, 2.05) is 47.4 Å². The summed E-state index contributed by atoms with van der Waals surface area (Å²) in [4.78, 5) is 22.4. The molecule has 27 heavy (non-hydrogen) atoms. The summed E-state index contributed by atoms with van der Waals surface area (Å²) >= 11 is 13.9. The Bertz CT molecular complexity index is 979. The minimum atomic E-state index is 0.0397. The summed E-state index contributed by atoms with van der Waals surface area (Å²) in [5.41, 5.74) is 1.48. The molecule has 1 aromatic heterocycles. The summed E-state index contributed by atoms with van der Waals surface area (Å²) in [6, 6.07) is 13.4. The van der Waals surface area contributed by atoms with E-state index in [9.17, 15) is 4.79 Å². The van der Waals surface area contributed by atoms with Crippen LogP contribution in [0, 0.1) is 0 Å². The van der Waals surface area contributed by atoms with E-state index in [4.69, 9.17) is 23.2 Å². The Kier molecular flexibility index (Phi) is 5.37. The lowest BCUT2D eigenvalue weighted by Gasteiger charge is -2.32. The number of rotatable bonds is 3. The summed E-state index contributed by atoms with van der Waals surface area (Å²) < 4.78 is 0. The second kappa shape index (κ2) is 7.76. The van der Waals surface area contributed by atoms with Crippen molar-refractivity contribution in [1.29, 1.82) is 0 Å². The smallest absolute Gasteiger partial charge is 0.270 e. The number of benzene rings is 2. The standard InChI is InChI=1S/C20H19Cl2N3OS/c1-24-6-8-25(9-7-24)20(26)18-12-16-17(23-18)10-14(22)11-19(16)27-15-4-2-13(21)3-5-15/h2-5,10-12,23H,6-9H2,1H3. The molecule has 4 rings (SSSR count). The molecule has 0 spiro atoms. The fourth-order valence-electron chi connectivity index (χ4n) is 3.18. The molecule has 2 heterocycles. The highest BCUT2D eigenvalue weighted by Gasteiger charge is 2.22. The average Bonchev–Trinajstić information content (AvgIpc) is 3.08. The van der Waals surface area contributed by atoms with Crippen molar-refractivity contribution in [2.24, 2.45) is 0 Å². The Hall–Kier alpha value is -1.66. The van der Waals surface area contributed by atoms with Crippen LogP contribution in [0.25, 0.3) is 10.9 Å². The molecule has 0 saturated carbocycles. The van der Waals surface area contributed by atoms with Crippen molar-refractivity contribution < 1.29 is 4.79 Å². The molecule has 4 nitrogen and oxygen atoms in total. The molecule has 1 N–H and O–H groups in total. The van der Waals surface area contributed by atoms with E-state index < -0.39 is 0 Å².